The lowest BCUT2D eigenvalue weighted by Gasteiger charge is -2.27. The Bertz CT molecular complexity index is 220. The standard InChI is InChI=1S/C12H23NO2/c1-10(14)9-11-5-4-7-13(11)8-6-12(2,3)15/h11,15H,4-9H2,1-3H3. The van der Waals surface area contributed by atoms with E-state index < -0.39 is 5.60 Å². The minimum absolute atomic E-state index is 0.273. The zero-order valence-electron chi connectivity index (χ0n) is 10.1. The summed E-state index contributed by atoms with van der Waals surface area (Å²) >= 11 is 0. The summed E-state index contributed by atoms with van der Waals surface area (Å²) in [5.74, 6) is 0.273. The van der Waals surface area contributed by atoms with E-state index in [0.717, 1.165) is 25.9 Å². The third kappa shape index (κ3) is 4.76. The number of hydrogen-bond donors (Lipinski definition) is 1. The van der Waals surface area contributed by atoms with Crippen molar-refractivity contribution < 1.29 is 9.90 Å². The van der Waals surface area contributed by atoms with Crippen molar-refractivity contribution in [3.05, 3.63) is 0 Å². The molecule has 0 aromatic rings. The van der Waals surface area contributed by atoms with Crippen molar-refractivity contribution in [3.63, 3.8) is 0 Å². The van der Waals surface area contributed by atoms with Crippen molar-refractivity contribution in [2.75, 3.05) is 13.1 Å². The molecule has 3 heteroatoms. The predicted molar refractivity (Wildman–Crippen MR) is 60.8 cm³/mol. The van der Waals surface area contributed by atoms with E-state index in [9.17, 15) is 9.90 Å². The number of likely N-dealkylation sites (tertiary alicyclic amines) is 1. The molecule has 0 aromatic carbocycles. The van der Waals surface area contributed by atoms with Gasteiger partial charge in [-0.1, -0.05) is 0 Å². The third-order valence-corrected chi connectivity index (χ3v) is 3.03. The van der Waals surface area contributed by atoms with E-state index in [1.165, 1.54) is 6.42 Å². The van der Waals surface area contributed by atoms with Crippen LogP contribution in [0.5, 0.6) is 0 Å². The van der Waals surface area contributed by atoms with Gasteiger partial charge in [0.1, 0.15) is 5.78 Å². The highest BCUT2D eigenvalue weighted by Gasteiger charge is 2.26. The van der Waals surface area contributed by atoms with Gasteiger partial charge in [-0.2, -0.15) is 0 Å². The molecule has 1 rings (SSSR count). The largest absolute Gasteiger partial charge is 0.390 e. The summed E-state index contributed by atoms with van der Waals surface area (Å²) in [5, 5.41) is 9.65. The Balaban J connectivity index is 2.36. The maximum atomic E-state index is 11.1. The van der Waals surface area contributed by atoms with Crippen molar-refractivity contribution in [1.29, 1.82) is 0 Å². The summed E-state index contributed by atoms with van der Waals surface area (Å²) < 4.78 is 0. The molecule has 1 N–H and O–H groups in total. The predicted octanol–water partition coefficient (Wildman–Crippen LogP) is 1.59. The van der Waals surface area contributed by atoms with Crippen molar-refractivity contribution in [2.24, 2.45) is 0 Å². The van der Waals surface area contributed by atoms with Crippen LogP contribution in [-0.2, 0) is 4.79 Å². The van der Waals surface area contributed by atoms with Crippen LogP contribution in [0.3, 0.4) is 0 Å². The van der Waals surface area contributed by atoms with Gasteiger partial charge in [-0.05, 0) is 46.6 Å². The second kappa shape index (κ2) is 5.08. The second-order valence-electron chi connectivity index (χ2n) is 5.30. The van der Waals surface area contributed by atoms with Crippen molar-refractivity contribution in [3.8, 4) is 0 Å². The van der Waals surface area contributed by atoms with Crippen molar-refractivity contribution in [1.82, 2.24) is 4.90 Å². The van der Waals surface area contributed by atoms with Gasteiger partial charge in [-0.25, -0.2) is 0 Å². The van der Waals surface area contributed by atoms with Gasteiger partial charge in [0.25, 0.3) is 0 Å². The van der Waals surface area contributed by atoms with Gasteiger partial charge >= 0.3 is 0 Å². The first-order valence-corrected chi connectivity index (χ1v) is 5.84. The molecule has 1 unspecified atom stereocenters. The zero-order valence-corrected chi connectivity index (χ0v) is 10.1. The van der Waals surface area contributed by atoms with E-state index in [1.807, 2.05) is 13.8 Å². The quantitative estimate of drug-likeness (QED) is 0.754. The first-order valence-electron chi connectivity index (χ1n) is 5.84. The van der Waals surface area contributed by atoms with E-state index >= 15 is 0 Å². The van der Waals surface area contributed by atoms with E-state index in [0.29, 0.717) is 12.5 Å². The smallest absolute Gasteiger partial charge is 0.131 e. The second-order valence-corrected chi connectivity index (χ2v) is 5.30. The monoisotopic (exact) mass is 213 g/mol. The SMILES string of the molecule is CC(=O)CC1CCCN1CCC(C)(C)O. The Morgan fingerprint density at radius 2 is 2.20 bits per heavy atom. The van der Waals surface area contributed by atoms with Crippen LogP contribution in [0.15, 0.2) is 0 Å². The number of ketones is 1. The van der Waals surface area contributed by atoms with Gasteiger partial charge in [-0.15, -0.1) is 0 Å². The molecule has 0 bridgehead atoms. The molecule has 0 amide bonds. The molecule has 1 saturated heterocycles. The summed E-state index contributed by atoms with van der Waals surface area (Å²) in [6.07, 6.45) is 3.77. The van der Waals surface area contributed by atoms with Crippen LogP contribution in [0.25, 0.3) is 0 Å². The van der Waals surface area contributed by atoms with Crippen LogP contribution < -0.4 is 0 Å². The Morgan fingerprint density at radius 3 is 2.73 bits per heavy atom. The molecule has 1 fully saturated rings. The van der Waals surface area contributed by atoms with Crippen LogP contribution in [0.1, 0.15) is 46.5 Å². The summed E-state index contributed by atoms with van der Waals surface area (Å²) in [4.78, 5) is 13.4. The topological polar surface area (TPSA) is 40.5 Å². The number of nitrogens with zero attached hydrogens (tertiary/aromatic N) is 1. The molecule has 0 aliphatic carbocycles. The molecule has 0 radical (unpaired) electrons. The lowest BCUT2D eigenvalue weighted by Crippen LogP contribution is -2.35. The molecule has 0 spiro atoms. The normalized spacial score (nSPS) is 23.3. The summed E-state index contributed by atoms with van der Waals surface area (Å²) in [6, 6.07) is 0.421. The third-order valence-electron chi connectivity index (χ3n) is 3.03. The maximum Gasteiger partial charge on any atom is 0.131 e. The molecule has 88 valence electrons. The molecule has 0 saturated carbocycles. The minimum Gasteiger partial charge on any atom is -0.390 e. The number of hydrogen-bond acceptors (Lipinski definition) is 3. The Hall–Kier alpha value is -0.410. The number of Topliss-reactive ketones (excluding diaryl/α,β-unsaturated/α-hetero) is 1. The Morgan fingerprint density at radius 1 is 1.53 bits per heavy atom. The lowest BCUT2D eigenvalue weighted by molar-refractivity contribution is -0.118. The highest BCUT2D eigenvalue weighted by atomic mass is 16.3. The average Bonchev–Trinajstić information content (AvgIpc) is 2.46. The van der Waals surface area contributed by atoms with Gasteiger partial charge in [0.05, 0.1) is 5.60 Å². The lowest BCUT2D eigenvalue weighted by atomic mass is 10.0. The first kappa shape index (κ1) is 12.7. The fraction of sp³-hybridized carbons (Fsp3) is 0.917. The summed E-state index contributed by atoms with van der Waals surface area (Å²) in [5.41, 5.74) is -0.594. The highest BCUT2D eigenvalue weighted by Crippen LogP contribution is 2.22. The van der Waals surface area contributed by atoms with Gasteiger partial charge in [0, 0.05) is 19.0 Å². The Kier molecular flexibility index (Phi) is 4.29. The zero-order chi connectivity index (χ0) is 11.5. The fourth-order valence-electron chi connectivity index (χ4n) is 2.17. The number of aliphatic hydroxyl groups is 1. The fourth-order valence-corrected chi connectivity index (χ4v) is 2.17. The van der Waals surface area contributed by atoms with E-state index in [4.69, 9.17) is 0 Å². The maximum absolute atomic E-state index is 11.1. The summed E-state index contributed by atoms with van der Waals surface area (Å²) in [7, 11) is 0. The molecule has 0 aromatic heterocycles. The van der Waals surface area contributed by atoms with Gasteiger partial charge in [0.15, 0.2) is 0 Å². The van der Waals surface area contributed by atoms with Crippen LogP contribution >= 0.6 is 0 Å². The van der Waals surface area contributed by atoms with Gasteiger partial charge in [0.2, 0.25) is 0 Å². The molecule has 15 heavy (non-hydrogen) atoms. The number of rotatable bonds is 5. The van der Waals surface area contributed by atoms with Crippen molar-refractivity contribution in [2.45, 2.75) is 58.1 Å². The molecule has 1 aliphatic heterocycles. The molecular formula is C12H23NO2. The highest BCUT2D eigenvalue weighted by molar-refractivity contribution is 5.76. The minimum atomic E-state index is -0.594. The molecule has 1 atom stereocenters. The molecular weight excluding hydrogens is 190 g/mol. The molecule has 1 heterocycles. The Labute approximate surface area is 92.5 Å². The van der Waals surface area contributed by atoms with Crippen LogP contribution in [0, 0.1) is 0 Å². The number of carbonyl (C=O) groups excluding carboxylic acids is 1. The van der Waals surface area contributed by atoms with Crippen molar-refractivity contribution >= 4 is 5.78 Å². The van der Waals surface area contributed by atoms with E-state index in [-0.39, 0.29) is 5.78 Å². The molecule has 3 nitrogen and oxygen atoms in total. The summed E-state index contributed by atoms with van der Waals surface area (Å²) in [6.45, 7) is 7.31. The van der Waals surface area contributed by atoms with E-state index in [1.54, 1.807) is 6.92 Å². The van der Waals surface area contributed by atoms with Gasteiger partial charge < -0.3 is 5.11 Å². The van der Waals surface area contributed by atoms with Gasteiger partial charge in [-0.3, -0.25) is 9.69 Å². The van der Waals surface area contributed by atoms with Crippen LogP contribution in [0.4, 0.5) is 0 Å². The van der Waals surface area contributed by atoms with Crippen LogP contribution in [-0.4, -0.2) is 40.5 Å². The van der Waals surface area contributed by atoms with E-state index in [2.05, 4.69) is 4.90 Å². The number of carbonyl (C=O) groups is 1. The first-order chi connectivity index (χ1) is 6.88. The molecule has 1 aliphatic rings. The average molecular weight is 213 g/mol. The van der Waals surface area contributed by atoms with Crippen LogP contribution in [0.2, 0.25) is 0 Å².